The summed E-state index contributed by atoms with van der Waals surface area (Å²) in [5.41, 5.74) is 6.21. The molecule has 7 heteroatoms. The fourth-order valence-electron chi connectivity index (χ4n) is 2.40. The van der Waals surface area contributed by atoms with Gasteiger partial charge in [0, 0.05) is 16.6 Å². The molecule has 104 valence electrons. The van der Waals surface area contributed by atoms with Crippen LogP contribution in [0.4, 0.5) is 4.79 Å². The van der Waals surface area contributed by atoms with Crippen molar-refractivity contribution < 1.29 is 9.32 Å². The van der Waals surface area contributed by atoms with Crippen molar-refractivity contribution in [3.63, 3.8) is 0 Å². The third-order valence-corrected chi connectivity index (χ3v) is 3.84. The van der Waals surface area contributed by atoms with Gasteiger partial charge in [-0.3, -0.25) is 0 Å². The summed E-state index contributed by atoms with van der Waals surface area (Å²) in [6.07, 6.45) is 1.69. The number of rotatable bonds is 2. The van der Waals surface area contributed by atoms with Crippen LogP contribution in [0.25, 0.3) is 11.4 Å². The number of urea groups is 1. The van der Waals surface area contributed by atoms with E-state index in [1.54, 1.807) is 4.90 Å². The van der Waals surface area contributed by atoms with Gasteiger partial charge >= 0.3 is 6.03 Å². The number of benzene rings is 1. The van der Waals surface area contributed by atoms with E-state index in [1.807, 2.05) is 24.3 Å². The molecule has 1 aliphatic rings. The van der Waals surface area contributed by atoms with Gasteiger partial charge in [-0.05, 0) is 25.0 Å². The number of amides is 2. The molecule has 20 heavy (non-hydrogen) atoms. The maximum Gasteiger partial charge on any atom is 0.315 e. The summed E-state index contributed by atoms with van der Waals surface area (Å²) < 4.78 is 6.24. The molecule has 0 spiro atoms. The largest absolute Gasteiger partial charge is 0.351 e. The van der Waals surface area contributed by atoms with Crippen molar-refractivity contribution in [2.24, 2.45) is 5.73 Å². The van der Waals surface area contributed by atoms with Crippen LogP contribution in [-0.4, -0.2) is 27.6 Å². The first-order valence-electron chi connectivity index (χ1n) is 6.31. The predicted octanol–water partition coefficient (Wildman–Crippen LogP) is 2.71. The Bertz CT molecular complexity index is 643. The van der Waals surface area contributed by atoms with Crippen LogP contribution in [0.5, 0.6) is 0 Å². The first kappa shape index (κ1) is 13.1. The molecule has 1 saturated heterocycles. The van der Waals surface area contributed by atoms with Gasteiger partial charge in [-0.15, -0.1) is 0 Å². The first-order valence-corrected chi connectivity index (χ1v) is 7.10. The third kappa shape index (κ3) is 2.40. The molecule has 0 unspecified atom stereocenters. The van der Waals surface area contributed by atoms with E-state index in [0.717, 1.165) is 22.9 Å². The average molecular weight is 337 g/mol. The summed E-state index contributed by atoms with van der Waals surface area (Å²) in [4.78, 5) is 17.3. The molecule has 0 saturated carbocycles. The zero-order valence-corrected chi connectivity index (χ0v) is 12.2. The van der Waals surface area contributed by atoms with Crippen molar-refractivity contribution in [2.45, 2.75) is 18.9 Å². The Morgan fingerprint density at radius 3 is 3.10 bits per heavy atom. The number of hydrogen-bond acceptors (Lipinski definition) is 4. The maximum absolute atomic E-state index is 11.4. The van der Waals surface area contributed by atoms with E-state index in [2.05, 4.69) is 26.1 Å². The fraction of sp³-hybridized carbons (Fsp3) is 0.308. The molecule has 2 amide bonds. The van der Waals surface area contributed by atoms with E-state index in [4.69, 9.17) is 10.3 Å². The molecule has 1 aliphatic heterocycles. The lowest BCUT2D eigenvalue weighted by molar-refractivity contribution is 0.189. The lowest BCUT2D eigenvalue weighted by Crippen LogP contribution is -2.35. The maximum atomic E-state index is 11.4. The van der Waals surface area contributed by atoms with Crippen molar-refractivity contribution >= 4 is 22.0 Å². The number of nitrogens with two attached hydrogens (primary N) is 1. The predicted molar refractivity (Wildman–Crippen MR) is 75.7 cm³/mol. The second kappa shape index (κ2) is 5.24. The van der Waals surface area contributed by atoms with Crippen molar-refractivity contribution in [1.82, 2.24) is 15.0 Å². The van der Waals surface area contributed by atoms with Crippen LogP contribution in [-0.2, 0) is 0 Å². The Labute approximate surface area is 124 Å². The van der Waals surface area contributed by atoms with E-state index < -0.39 is 6.03 Å². The Kier molecular flexibility index (Phi) is 3.43. The van der Waals surface area contributed by atoms with Gasteiger partial charge in [0.05, 0.1) is 0 Å². The molecular formula is C13H13BrN4O2. The highest BCUT2D eigenvalue weighted by Crippen LogP contribution is 2.31. The second-order valence-electron chi connectivity index (χ2n) is 4.66. The summed E-state index contributed by atoms with van der Waals surface area (Å²) in [5, 5.41) is 3.98. The topological polar surface area (TPSA) is 85.3 Å². The average Bonchev–Trinajstić information content (AvgIpc) is 3.07. The van der Waals surface area contributed by atoms with Crippen LogP contribution in [0.1, 0.15) is 24.8 Å². The van der Waals surface area contributed by atoms with E-state index in [1.165, 1.54) is 0 Å². The molecule has 2 heterocycles. The van der Waals surface area contributed by atoms with E-state index in [9.17, 15) is 4.79 Å². The Morgan fingerprint density at radius 2 is 2.35 bits per heavy atom. The molecule has 3 rings (SSSR count). The van der Waals surface area contributed by atoms with E-state index >= 15 is 0 Å². The Morgan fingerprint density at radius 1 is 1.50 bits per heavy atom. The minimum Gasteiger partial charge on any atom is -0.351 e. The normalized spacial score (nSPS) is 18.4. The number of aromatic nitrogens is 2. The van der Waals surface area contributed by atoms with Crippen molar-refractivity contribution in [3.05, 3.63) is 34.6 Å². The molecule has 6 nitrogen and oxygen atoms in total. The molecule has 0 bridgehead atoms. The van der Waals surface area contributed by atoms with Gasteiger partial charge in [-0.1, -0.05) is 33.2 Å². The quantitative estimate of drug-likeness (QED) is 0.913. The summed E-state index contributed by atoms with van der Waals surface area (Å²) >= 11 is 3.41. The number of carbonyl (C=O) groups is 1. The lowest BCUT2D eigenvalue weighted by Gasteiger charge is -2.18. The molecule has 1 fully saturated rings. The van der Waals surface area contributed by atoms with Crippen LogP contribution < -0.4 is 5.73 Å². The minimum absolute atomic E-state index is 0.207. The number of hydrogen-bond donors (Lipinski definition) is 1. The number of primary amides is 1. The van der Waals surface area contributed by atoms with Gasteiger partial charge in [0.25, 0.3) is 0 Å². The van der Waals surface area contributed by atoms with Gasteiger partial charge in [-0.25, -0.2) is 4.79 Å². The van der Waals surface area contributed by atoms with Crippen LogP contribution >= 0.6 is 15.9 Å². The lowest BCUT2D eigenvalue weighted by atomic mass is 10.2. The molecule has 1 aromatic carbocycles. The summed E-state index contributed by atoms with van der Waals surface area (Å²) in [6.45, 7) is 0.634. The van der Waals surface area contributed by atoms with Crippen LogP contribution in [0.3, 0.4) is 0 Å². The van der Waals surface area contributed by atoms with Crippen LogP contribution in [0, 0.1) is 0 Å². The molecule has 0 aliphatic carbocycles. The highest BCUT2D eigenvalue weighted by atomic mass is 79.9. The second-order valence-corrected chi connectivity index (χ2v) is 5.57. The Hall–Kier alpha value is -1.89. The van der Waals surface area contributed by atoms with Gasteiger partial charge in [0.15, 0.2) is 0 Å². The monoisotopic (exact) mass is 336 g/mol. The van der Waals surface area contributed by atoms with Gasteiger partial charge in [0.2, 0.25) is 11.7 Å². The highest BCUT2D eigenvalue weighted by molar-refractivity contribution is 9.10. The zero-order chi connectivity index (χ0) is 14.1. The molecule has 1 aromatic heterocycles. The number of carbonyl (C=O) groups excluding carboxylic acids is 1. The summed E-state index contributed by atoms with van der Waals surface area (Å²) in [7, 11) is 0. The van der Waals surface area contributed by atoms with E-state index in [0.29, 0.717) is 18.3 Å². The number of halogens is 1. The SMILES string of the molecule is NC(=O)N1CCC[C@H]1c1nc(-c2cccc(Br)c2)no1. The fourth-order valence-corrected chi connectivity index (χ4v) is 2.80. The molecule has 2 N–H and O–H groups in total. The van der Waals surface area contributed by atoms with Gasteiger partial charge in [0.1, 0.15) is 6.04 Å². The minimum atomic E-state index is -0.449. The molecule has 2 aromatic rings. The molecule has 1 atom stereocenters. The standard InChI is InChI=1S/C13H13BrN4O2/c14-9-4-1-3-8(7-9)11-16-12(20-17-11)10-5-2-6-18(10)13(15)19/h1,3-4,7,10H,2,5-6H2,(H2,15,19)/t10-/m0/s1. The first-order chi connectivity index (χ1) is 9.65. The van der Waals surface area contributed by atoms with Crippen molar-refractivity contribution in [1.29, 1.82) is 0 Å². The van der Waals surface area contributed by atoms with E-state index in [-0.39, 0.29) is 6.04 Å². The summed E-state index contributed by atoms with van der Waals surface area (Å²) in [6, 6.07) is 6.99. The highest BCUT2D eigenvalue weighted by Gasteiger charge is 2.33. The van der Waals surface area contributed by atoms with Gasteiger partial charge in [-0.2, -0.15) is 4.98 Å². The van der Waals surface area contributed by atoms with Crippen molar-refractivity contribution in [2.75, 3.05) is 6.54 Å². The molecular weight excluding hydrogens is 324 g/mol. The number of nitrogens with zero attached hydrogens (tertiary/aromatic N) is 3. The van der Waals surface area contributed by atoms with Crippen molar-refractivity contribution in [3.8, 4) is 11.4 Å². The van der Waals surface area contributed by atoms with Crippen LogP contribution in [0.2, 0.25) is 0 Å². The number of likely N-dealkylation sites (tertiary alicyclic amines) is 1. The Balaban J connectivity index is 1.89. The smallest absolute Gasteiger partial charge is 0.315 e. The third-order valence-electron chi connectivity index (χ3n) is 3.35. The van der Waals surface area contributed by atoms with Crippen LogP contribution in [0.15, 0.2) is 33.3 Å². The molecule has 0 radical (unpaired) electrons. The summed E-state index contributed by atoms with van der Waals surface area (Å²) in [5.74, 6) is 0.953. The van der Waals surface area contributed by atoms with Gasteiger partial charge < -0.3 is 15.2 Å². The zero-order valence-electron chi connectivity index (χ0n) is 10.6.